The molecule has 2 N–H and O–H groups in total. The molecule has 28 heavy (non-hydrogen) atoms. The fourth-order valence-electron chi connectivity index (χ4n) is 3.86. The van der Waals surface area contributed by atoms with Gasteiger partial charge in [-0.3, -0.25) is 9.52 Å². The first-order valence-corrected chi connectivity index (χ1v) is 11.3. The van der Waals surface area contributed by atoms with Crippen molar-refractivity contribution in [1.82, 2.24) is 0 Å². The molecule has 0 unspecified atom stereocenters. The van der Waals surface area contributed by atoms with Crippen LogP contribution in [0.1, 0.15) is 43.2 Å². The van der Waals surface area contributed by atoms with Gasteiger partial charge >= 0.3 is 0 Å². The Bertz CT molecular complexity index is 966. The monoisotopic (exact) mass is 404 g/mol. The van der Waals surface area contributed by atoms with Crippen molar-refractivity contribution in [3.63, 3.8) is 0 Å². The number of hydrogen-bond donors (Lipinski definition) is 2. The number of nitrogens with one attached hydrogen (secondary N) is 2. The van der Waals surface area contributed by atoms with Crippen molar-refractivity contribution in [1.29, 1.82) is 0 Å². The predicted molar refractivity (Wildman–Crippen MR) is 109 cm³/mol. The first-order chi connectivity index (χ1) is 13.2. The van der Waals surface area contributed by atoms with E-state index < -0.39 is 15.4 Å². The first-order valence-electron chi connectivity index (χ1n) is 9.36. The normalized spacial score (nSPS) is 16.4. The Morgan fingerprint density at radius 1 is 1.04 bits per heavy atom. The summed E-state index contributed by atoms with van der Waals surface area (Å²) in [6.45, 7) is 1.64. The summed E-state index contributed by atoms with van der Waals surface area (Å²) in [5.41, 5.74) is 1.48. The van der Waals surface area contributed by atoms with E-state index in [2.05, 4.69) is 10.0 Å². The molecule has 1 aliphatic rings. The smallest absolute Gasteiger partial charge is 0.235 e. The second kappa shape index (κ2) is 7.91. The van der Waals surface area contributed by atoms with Gasteiger partial charge in [0.25, 0.3) is 0 Å². The van der Waals surface area contributed by atoms with E-state index in [-0.39, 0.29) is 11.7 Å². The summed E-state index contributed by atoms with van der Waals surface area (Å²) < 4.78 is 39.1. The molecule has 0 radical (unpaired) electrons. The second-order valence-corrected chi connectivity index (χ2v) is 9.21. The van der Waals surface area contributed by atoms with Crippen molar-refractivity contribution in [2.75, 3.05) is 16.3 Å². The molecule has 1 fully saturated rings. The van der Waals surface area contributed by atoms with Crippen molar-refractivity contribution in [3.05, 3.63) is 59.4 Å². The number of benzene rings is 2. The molecule has 0 aromatic heterocycles. The van der Waals surface area contributed by atoms with Gasteiger partial charge < -0.3 is 5.32 Å². The summed E-state index contributed by atoms with van der Waals surface area (Å²) in [5.74, 6) is -0.503. The van der Waals surface area contributed by atoms with Gasteiger partial charge in [-0.25, -0.2) is 12.8 Å². The van der Waals surface area contributed by atoms with Gasteiger partial charge in [0.15, 0.2) is 0 Å². The third kappa shape index (κ3) is 4.35. The minimum atomic E-state index is -3.36. The molecule has 1 aliphatic carbocycles. The third-order valence-electron chi connectivity index (χ3n) is 5.40. The van der Waals surface area contributed by atoms with Crippen LogP contribution in [-0.2, 0) is 20.2 Å². The molecule has 3 rings (SSSR count). The van der Waals surface area contributed by atoms with Crippen LogP contribution in [-0.4, -0.2) is 20.6 Å². The van der Waals surface area contributed by atoms with Crippen molar-refractivity contribution >= 4 is 27.3 Å². The van der Waals surface area contributed by atoms with E-state index in [1.54, 1.807) is 43.3 Å². The lowest BCUT2D eigenvalue weighted by molar-refractivity contribution is -0.122. The quantitative estimate of drug-likeness (QED) is 0.778. The van der Waals surface area contributed by atoms with E-state index in [1.807, 2.05) is 0 Å². The highest BCUT2D eigenvalue weighted by molar-refractivity contribution is 7.92. The Kier molecular flexibility index (Phi) is 5.74. The van der Waals surface area contributed by atoms with Gasteiger partial charge in [0.1, 0.15) is 5.82 Å². The van der Waals surface area contributed by atoms with Crippen LogP contribution in [0, 0.1) is 12.7 Å². The van der Waals surface area contributed by atoms with Crippen LogP contribution in [0.4, 0.5) is 15.8 Å². The molecule has 0 saturated heterocycles. The van der Waals surface area contributed by atoms with Crippen molar-refractivity contribution in [2.45, 2.75) is 44.4 Å². The van der Waals surface area contributed by atoms with E-state index in [0.717, 1.165) is 31.1 Å². The maximum Gasteiger partial charge on any atom is 0.235 e. The van der Waals surface area contributed by atoms with Crippen molar-refractivity contribution in [3.8, 4) is 0 Å². The number of carbonyl (C=O) groups excluding carboxylic acids is 1. The fourth-order valence-corrected chi connectivity index (χ4v) is 4.42. The van der Waals surface area contributed by atoms with Gasteiger partial charge in [0.2, 0.25) is 15.9 Å². The number of hydrogen-bond acceptors (Lipinski definition) is 3. The second-order valence-electron chi connectivity index (χ2n) is 7.46. The maximum atomic E-state index is 13.9. The average Bonchev–Trinajstić information content (AvgIpc) is 2.65. The highest BCUT2D eigenvalue weighted by Crippen LogP contribution is 2.41. The molecule has 0 bridgehead atoms. The molecule has 1 amide bonds. The lowest BCUT2D eigenvalue weighted by Gasteiger charge is -2.36. The van der Waals surface area contributed by atoms with E-state index in [9.17, 15) is 17.6 Å². The number of anilines is 2. The molecule has 0 heterocycles. The van der Waals surface area contributed by atoms with Crippen LogP contribution >= 0.6 is 0 Å². The third-order valence-corrected chi connectivity index (χ3v) is 6.00. The summed E-state index contributed by atoms with van der Waals surface area (Å²) in [6, 6.07) is 11.6. The summed E-state index contributed by atoms with van der Waals surface area (Å²) in [6.07, 6.45) is 5.43. The molecule has 0 spiro atoms. The Labute approximate surface area is 165 Å². The number of sulfonamides is 1. The Balaban J connectivity index is 1.92. The van der Waals surface area contributed by atoms with Gasteiger partial charge in [-0.15, -0.1) is 0 Å². The highest BCUT2D eigenvalue weighted by atomic mass is 32.2. The number of amides is 1. The molecule has 0 aliphatic heterocycles. The maximum absolute atomic E-state index is 13.9. The fraction of sp³-hybridized carbons (Fsp3) is 0.381. The lowest BCUT2D eigenvalue weighted by atomic mass is 9.68. The molecule has 0 atom stereocenters. The molecule has 150 valence electrons. The van der Waals surface area contributed by atoms with E-state index in [0.29, 0.717) is 29.8 Å². The average molecular weight is 405 g/mol. The molecule has 5 nitrogen and oxygen atoms in total. The van der Waals surface area contributed by atoms with Gasteiger partial charge in [-0.05, 0) is 49.6 Å². The predicted octanol–water partition coefficient (Wildman–Crippen LogP) is 4.35. The first kappa shape index (κ1) is 20.3. The summed E-state index contributed by atoms with van der Waals surface area (Å²) >= 11 is 0. The van der Waals surface area contributed by atoms with Crippen LogP contribution < -0.4 is 10.0 Å². The standard InChI is InChI=1S/C21H25FN2O3S/c1-15-18(22)7-6-8-19(15)23-20(25)21(13-4-3-5-14-21)16-9-11-17(12-10-16)24-28(2,26)27/h6-12,24H,3-5,13-14H2,1-2H3,(H,23,25). The molecular weight excluding hydrogens is 379 g/mol. The Hall–Kier alpha value is -2.41. The number of rotatable bonds is 5. The van der Waals surface area contributed by atoms with Crippen LogP contribution in [0.3, 0.4) is 0 Å². The van der Waals surface area contributed by atoms with E-state index in [1.165, 1.54) is 6.07 Å². The van der Waals surface area contributed by atoms with E-state index >= 15 is 0 Å². The summed E-state index contributed by atoms with van der Waals surface area (Å²) in [7, 11) is -3.36. The lowest BCUT2D eigenvalue weighted by Crippen LogP contribution is -2.42. The molecule has 7 heteroatoms. The zero-order chi connectivity index (χ0) is 20.4. The molecular formula is C21H25FN2O3S. The summed E-state index contributed by atoms with van der Waals surface area (Å²) in [5, 5.41) is 2.92. The van der Waals surface area contributed by atoms with Crippen molar-refractivity contribution in [2.24, 2.45) is 0 Å². The van der Waals surface area contributed by atoms with E-state index in [4.69, 9.17) is 0 Å². The van der Waals surface area contributed by atoms with Gasteiger partial charge in [-0.2, -0.15) is 0 Å². The van der Waals surface area contributed by atoms with Crippen LogP contribution in [0.25, 0.3) is 0 Å². The Morgan fingerprint density at radius 2 is 1.68 bits per heavy atom. The van der Waals surface area contributed by atoms with Gasteiger partial charge in [-0.1, -0.05) is 37.5 Å². The zero-order valence-corrected chi connectivity index (χ0v) is 16.9. The minimum absolute atomic E-state index is 0.148. The minimum Gasteiger partial charge on any atom is -0.325 e. The molecule has 2 aromatic rings. The van der Waals surface area contributed by atoms with Crippen LogP contribution in [0.5, 0.6) is 0 Å². The number of carbonyl (C=O) groups is 1. The van der Waals surface area contributed by atoms with Crippen LogP contribution in [0.15, 0.2) is 42.5 Å². The van der Waals surface area contributed by atoms with Gasteiger partial charge in [0, 0.05) is 16.9 Å². The summed E-state index contributed by atoms with van der Waals surface area (Å²) in [4.78, 5) is 13.3. The Morgan fingerprint density at radius 3 is 2.29 bits per heavy atom. The SMILES string of the molecule is Cc1c(F)cccc1NC(=O)C1(c2ccc(NS(C)(=O)=O)cc2)CCCCC1. The number of halogens is 1. The van der Waals surface area contributed by atoms with Gasteiger partial charge in [0.05, 0.1) is 11.7 Å². The largest absolute Gasteiger partial charge is 0.325 e. The van der Waals surface area contributed by atoms with Crippen LogP contribution in [0.2, 0.25) is 0 Å². The van der Waals surface area contributed by atoms with Crippen molar-refractivity contribution < 1.29 is 17.6 Å². The highest BCUT2D eigenvalue weighted by Gasteiger charge is 2.41. The topological polar surface area (TPSA) is 75.3 Å². The molecule has 2 aromatic carbocycles. The molecule has 1 saturated carbocycles. The zero-order valence-electron chi connectivity index (χ0n) is 16.1.